The first-order chi connectivity index (χ1) is 10.1. The molecule has 3 N–H and O–H groups in total. The lowest BCUT2D eigenvalue weighted by molar-refractivity contribution is -0.124. The Labute approximate surface area is 127 Å². The van der Waals surface area contributed by atoms with Crippen molar-refractivity contribution in [2.75, 3.05) is 0 Å². The lowest BCUT2D eigenvalue weighted by Gasteiger charge is -2.29. The Morgan fingerprint density at radius 1 is 1.27 bits per heavy atom. The summed E-state index contributed by atoms with van der Waals surface area (Å²) in [5.41, 5.74) is 4.41. The first-order valence-corrected chi connectivity index (χ1v) is 6.81. The Hall–Kier alpha value is -2.18. The summed E-state index contributed by atoms with van der Waals surface area (Å²) >= 11 is 0. The van der Waals surface area contributed by atoms with Gasteiger partial charge in [0.2, 0.25) is 5.91 Å². The molecule has 1 aromatic carbocycles. The van der Waals surface area contributed by atoms with E-state index in [1.165, 1.54) is 24.3 Å². The first kappa shape index (κ1) is 17.9. The van der Waals surface area contributed by atoms with Crippen LogP contribution in [-0.4, -0.2) is 24.0 Å². The maximum Gasteiger partial charge on any atom is 0.387 e. The summed E-state index contributed by atoms with van der Waals surface area (Å²) in [5.74, 6) is -1.04. The topological polar surface area (TPSA) is 81.4 Å². The van der Waals surface area contributed by atoms with Crippen LogP contribution < -0.4 is 15.8 Å². The Bertz CT molecular complexity index is 532. The molecule has 1 rings (SSSR count). The molecule has 1 aromatic rings. The number of halogens is 2. The molecule has 0 aliphatic heterocycles. The van der Waals surface area contributed by atoms with Crippen molar-refractivity contribution < 1.29 is 23.1 Å². The SMILES string of the molecule is CC(C)CC(C)(NC(=O)c1ccc(OC(F)F)cc1)C(N)=O. The molecule has 0 saturated carbocycles. The molecule has 2 amide bonds. The zero-order valence-corrected chi connectivity index (χ0v) is 12.7. The summed E-state index contributed by atoms with van der Waals surface area (Å²) in [4.78, 5) is 23.8. The van der Waals surface area contributed by atoms with E-state index in [1.54, 1.807) is 6.92 Å². The third-order valence-corrected chi connectivity index (χ3v) is 3.09. The molecule has 122 valence electrons. The van der Waals surface area contributed by atoms with Crippen LogP contribution in [0.15, 0.2) is 24.3 Å². The van der Waals surface area contributed by atoms with Gasteiger partial charge < -0.3 is 15.8 Å². The Morgan fingerprint density at radius 2 is 1.82 bits per heavy atom. The second-order valence-electron chi connectivity index (χ2n) is 5.65. The highest BCUT2D eigenvalue weighted by atomic mass is 19.3. The molecule has 0 aromatic heterocycles. The van der Waals surface area contributed by atoms with Gasteiger partial charge in [-0.05, 0) is 43.5 Å². The summed E-state index contributed by atoms with van der Waals surface area (Å²) < 4.78 is 28.3. The van der Waals surface area contributed by atoms with Crippen molar-refractivity contribution in [2.24, 2.45) is 11.7 Å². The van der Waals surface area contributed by atoms with Gasteiger partial charge in [0.05, 0.1) is 0 Å². The van der Waals surface area contributed by atoms with E-state index in [-0.39, 0.29) is 17.2 Å². The second-order valence-corrected chi connectivity index (χ2v) is 5.65. The molecular formula is C15H20F2N2O3. The Kier molecular flexibility index (Phi) is 5.84. The van der Waals surface area contributed by atoms with Crippen LogP contribution in [0.2, 0.25) is 0 Å². The predicted molar refractivity (Wildman–Crippen MR) is 77.6 cm³/mol. The fourth-order valence-electron chi connectivity index (χ4n) is 2.14. The average molecular weight is 314 g/mol. The summed E-state index contributed by atoms with van der Waals surface area (Å²) in [5, 5.41) is 2.60. The van der Waals surface area contributed by atoms with Crippen LogP contribution in [0, 0.1) is 5.92 Å². The molecule has 0 radical (unpaired) electrons. The third-order valence-electron chi connectivity index (χ3n) is 3.09. The van der Waals surface area contributed by atoms with Gasteiger partial charge in [-0.1, -0.05) is 13.8 Å². The monoisotopic (exact) mass is 314 g/mol. The van der Waals surface area contributed by atoms with Crippen molar-refractivity contribution in [3.8, 4) is 5.75 Å². The fourth-order valence-corrected chi connectivity index (χ4v) is 2.14. The molecule has 0 fully saturated rings. The Balaban J connectivity index is 2.84. The summed E-state index contributed by atoms with van der Waals surface area (Å²) in [7, 11) is 0. The molecular weight excluding hydrogens is 294 g/mol. The van der Waals surface area contributed by atoms with Crippen molar-refractivity contribution in [1.29, 1.82) is 0 Å². The van der Waals surface area contributed by atoms with E-state index in [0.29, 0.717) is 6.42 Å². The van der Waals surface area contributed by atoms with Crippen LogP contribution >= 0.6 is 0 Å². The molecule has 7 heteroatoms. The summed E-state index contributed by atoms with van der Waals surface area (Å²) in [6, 6.07) is 5.18. The van der Waals surface area contributed by atoms with E-state index >= 15 is 0 Å². The molecule has 0 saturated heterocycles. The molecule has 0 spiro atoms. The maximum atomic E-state index is 12.2. The zero-order valence-electron chi connectivity index (χ0n) is 12.7. The van der Waals surface area contributed by atoms with E-state index in [0.717, 1.165) is 0 Å². The van der Waals surface area contributed by atoms with Gasteiger partial charge in [0, 0.05) is 5.56 Å². The smallest absolute Gasteiger partial charge is 0.387 e. The minimum atomic E-state index is -2.93. The van der Waals surface area contributed by atoms with Crippen LogP contribution in [-0.2, 0) is 4.79 Å². The van der Waals surface area contributed by atoms with Gasteiger partial charge in [0.25, 0.3) is 5.91 Å². The van der Waals surface area contributed by atoms with Gasteiger partial charge in [-0.2, -0.15) is 8.78 Å². The van der Waals surface area contributed by atoms with Gasteiger partial charge in [-0.25, -0.2) is 0 Å². The maximum absolute atomic E-state index is 12.2. The standard InChI is InChI=1S/C15H20F2N2O3/c1-9(2)8-15(3,13(18)21)19-12(20)10-4-6-11(7-5-10)22-14(16)17/h4-7,9,14H,8H2,1-3H3,(H2,18,21)(H,19,20). The van der Waals surface area contributed by atoms with Crippen LogP contribution in [0.4, 0.5) is 8.78 Å². The number of rotatable bonds is 7. The van der Waals surface area contributed by atoms with Crippen LogP contribution in [0.25, 0.3) is 0 Å². The Morgan fingerprint density at radius 3 is 2.23 bits per heavy atom. The number of ether oxygens (including phenoxy) is 1. The fraction of sp³-hybridized carbons (Fsp3) is 0.467. The highest BCUT2D eigenvalue weighted by Crippen LogP contribution is 2.19. The average Bonchev–Trinajstić information content (AvgIpc) is 2.37. The van der Waals surface area contributed by atoms with Crippen LogP contribution in [0.5, 0.6) is 5.75 Å². The quantitative estimate of drug-likeness (QED) is 0.810. The molecule has 1 unspecified atom stereocenters. The van der Waals surface area contributed by atoms with Crippen molar-refractivity contribution in [1.82, 2.24) is 5.32 Å². The van der Waals surface area contributed by atoms with Crippen molar-refractivity contribution in [3.05, 3.63) is 29.8 Å². The number of amides is 2. The number of hydrogen-bond acceptors (Lipinski definition) is 3. The molecule has 5 nitrogen and oxygen atoms in total. The van der Waals surface area contributed by atoms with Gasteiger partial charge in [0.1, 0.15) is 11.3 Å². The minimum absolute atomic E-state index is 0.0496. The van der Waals surface area contributed by atoms with Crippen molar-refractivity contribution >= 4 is 11.8 Å². The minimum Gasteiger partial charge on any atom is -0.435 e. The van der Waals surface area contributed by atoms with Gasteiger partial charge in [-0.15, -0.1) is 0 Å². The largest absolute Gasteiger partial charge is 0.435 e. The number of nitrogens with two attached hydrogens (primary N) is 1. The van der Waals surface area contributed by atoms with Gasteiger partial charge in [0.15, 0.2) is 0 Å². The van der Waals surface area contributed by atoms with E-state index in [2.05, 4.69) is 10.1 Å². The number of carbonyl (C=O) groups excluding carboxylic acids is 2. The normalized spacial score (nSPS) is 13.8. The van der Waals surface area contributed by atoms with E-state index in [9.17, 15) is 18.4 Å². The number of hydrogen-bond donors (Lipinski definition) is 2. The highest BCUT2D eigenvalue weighted by molar-refractivity contribution is 5.98. The highest BCUT2D eigenvalue weighted by Gasteiger charge is 2.33. The molecule has 0 heterocycles. The lowest BCUT2D eigenvalue weighted by atomic mass is 9.89. The van der Waals surface area contributed by atoms with Crippen LogP contribution in [0.1, 0.15) is 37.6 Å². The zero-order chi connectivity index (χ0) is 16.9. The second kappa shape index (κ2) is 7.20. The predicted octanol–water partition coefficient (Wildman–Crippen LogP) is 2.31. The number of alkyl halides is 2. The van der Waals surface area contributed by atoms with E-state index in [4.69, 9.17) is 5.73 Å². The summed E-state index contributed by atoms with van der Waals surface area (Å²) in [6.07, 6.45) is 0.390. The number of nitrogens with one attached hydrogen (secondary N) is 1. The first-order valence-electron chi connectivity index (χ1n) is 6.81. The molecule has 22 heavy (non-hydrogen) atoms. The van der Waals surface area contributed by atoms with Crippen molar-refractivity contribution in [2.45, 2.75) is 39.3 Å². The summed E-state index contributed by atoms with van der Waals surface area (Å²) in [6.45, 7) is 2.44. The number of primary amides is 1. The molecule has 0 aliphatic rings. The van der Waals surface area contributed by atoms with Crippen molar-refractivity contribution in [3.63, 3.8) is 0 Å². The molecule has 0 aliphatic carbocycles. The molecule has 0 bridgehead atoms. The van der Waals surface area contributed by atoms with E-state index in [1.807, 2.05) is 13.8 Å². The van der Waals surface area contributed by atoms with Gasteiger partial charge in [-0.3, -0.25) is 9.59 Å². The number of carbonyl (C=O) groups is 2. The van der Waals surface area contributed by atoms with E-state index < -0.39 is 24.0 Å². The molecule has 1 atom stereocenters. The van der Waals surface area contributed by atoms with Gasteiger partial charge >= 0.3 is 6.61 Å². The third kappa shape index (κ3) is 4.98. The van der Waals surface area contributed by atoms with Crippen LogP contribution in [0.3, 0.4) is 0 Å². The lowest BCUT2D eigenvalue weighted by Crippen LogP contribution is -2.56. The number of benzene rings is 1.